The van der Waals surface area contributed by atoms with Gasteiger partial charge in [0, 0.05) is 25.7 Å². The summed E-state index contributed by atoms with van der Waals surface area (Å²) < 4.78 is 6.60. The zero-order valence-electron chi connectivity index (χ0n) is 20.3. The van der Waals surface area contributed by atoms with Crippen molar-refractivity contribution < 1.29 is 24.2 Å². The average molecular weight is 460 g/mol. The van der Waals surface area contributed by atoms with Crippen LogP contribution in [0.15, 0.2) is 24.3 Å². The van der Waals surface area contributed by atoms with Crippen molar-refractivity contribution in [1.29, 1.82) is 0 Å². The van der Waals surface area contributed by atoms with Crippen LogP contribution in [-0.2, 0) is 19.1 Å². The predicted octanol–water partition coefficient (Wildman–Crippen LogP) is 1.20. The van der Waals surface area contributed by atoms with Gasteiger partial charge in [0.2, 0.25) is 17.7 Å². The van der Waals surface area contributed by atoms with Crippen molar-refractivity contribution in [2.24, 2.45) is 17.8 Å². The van der Waals surface area contributed by atoms with E-state index in [1.165, 1.54) is 0 Å². The molecule has 0 aromatic rings. The van der Waals surface area contributed by atoms with E-state index in [4.69, 9.17) is 4.74 Å². The minimum absolute atomic E-state index is 0.0617. The highest BCUT2D eigenvalue weighted by Crippen LogP contribution is 2.54. The molecule has 0 bridgehead atoms. The van der Waals surface area contributed by atoms with E-state index in [0.717, 1.165) is 6.42 Å². The van der Waals surface area contributed by atoms with Crippen molar-refractivity contribution in [1.82, 2.24) is 14.7 Å². The number of ether oxygens (including phenoxy) is 1. The molecule has 4 heterocycles. The normalized spacial score (nSPS) is 34.7. The summed E-state index contributed by atoms with van der Waals surface area (Å²) in [5.74, 6) is -2.13. The van der Waals surface area contributed by atoms with E-state index < -0.39 is 35.6 Å². The number of likely N-dealkylation sites (tertiary alicyclic amines) is 1. The highest BCUT2D eigenvalue weighted by molar-refractivity contribution is 6.00. The zero-order chi connectivity index (χ0) is 24.1. The molecule has 0 radical (unpaired) electrons. The molecule has 1 N–H and O–H groups in total. The van der Waals surface area contributed by atoms with Crippen LogP contribution in [0, 0.1) is 17.8 Å². The summed E-state index contributed by atoms with van der Waals surface area (Å²) in [7, 11) is 0. The maximum absolute atomic E-state index is 14.1. The minimum Gasteiger partial charge on any atom is -0.394 e. The van der Waals surface area contributed by atoms with Gasteiger partial charge in [-0.05, 0) is 26.2 Å². The van der Waals surface area contributed by atoms with E-state index in [1.807, 2.05) is 58.9 Å². The second-order valence-corrected chi connectivity index (χ2v) is 10.3. The molecule has 4 aliphatic heterocycles. The Morgan fingerprint density at radius 2 is 1.82 bits per heavy atom. The Bertz CT molecular complexity index is 868. The van der Waals surface area contributed by atoms with Crippen molar-refractivity contribution in [3.8, 4) is 0 Å². The van der Waals surface area contributed by atoms with Crippen molar-refractivity contribution in [3.05, 3.63) is 24.3 Å². The molecule has 182 valence electrons. The number of carbonyl (C=O) groups excluding carboxylic acids is 3. The standard InChI is InChI=1S/C25H37N3O5/c1-6-11-26-12-7-9-18-19(22(26)30)20-23(31)28(17(14-29)15(2)3)21-24(32)27(16(4)5)13-8-10-25(20,21)33-18/h7-10,15-21,29H,6,11-14H2,1-5H3/t17-,18-,19+,20-,21?,25-/m0/s1. The van der Waals surface area contributed by atoms with Gasteiger partial charge in [0.1, 0.15) is 11.6 Å². The largest absolute Gasteiger partial charge is 0.394 e. The van der Waals surface area contributed by atoms with Gasteiger partial charge in [0.15, 0.2) is 0 Å². The van der Waals surface area contributed by atoms with E-state index >= 15 is 0 Å². The summed E-state index contributed by atoms with van der Waals surface area (Å²) in [6, 6.07) is -1.52. The molecule has 0 aromatic heterocycles. The third-order valence-electron chi connectivity index (χ3n) is 7.64. The van der Waals surface area contributed by atoms with E-state index in [2.05, 4.69) is 0 Å². The second-order valence-electron chi connectivity index (χ2n) is 10.3. The second kappa shape index (κ2) is 8.87. The van der Waals surface area contributed by atoms with Gasteiger partial charge in [0.25, 0.3) is 0 Å². The molecule has 2 fully saturated rings. The topological polar surface area (TPSA) is 90.4 Å². The summed E-state index contributed by atoms with van der Waals surface area (Å²) in [6.07, 6.45) is 7.82. The van der Waals surface area contributed by atoms with Crippen LogP contribution in [-0.4, -0.2) is 93.6 Å². The Labute approximate surface area is 196 Å². The fourth-order valence-electron chi connectivity index (χ4n) is 6.06. The van der Waals surface area contributed by atoms with Gasteiger partial charge in [-0.25, -0.2) is 0 Å². The zero-order valence-corrected chi connectivity index (χ0v) is 20.3. The van der Waals surface area contributed by atoms with Crippen LogP contribution >= 0.6 is 0 Å². The molecular formula is C25H37N3O5. The molecule has 1 spiro atoms. The number of aliphatic hydroxyl groups excluding tert-OH is 1. The molecule has 0 aromatic carbocycles. The lowest BCUT2D eigenvalue weighted by atomic mass is 9.77. The molecule has 2 saturated heterocycles. The molecule has 6 atom stereocenters. The number of fused-ring (bicyclic) bond motifs is 2. The molecule has 4 aliphatic rings. The molecule has 8 heteroatoms. The summed E-state index contributed by atoms with van der Waals surface area (Å²) in [6.45, 7) is 11.0. The van der Waals surface area contributed by atoms with Gasteiger partial charge in [-0.1, -0.05) is 45.1 Å². The SMILES string of the molecule is CCCN1CC=C[C@@H]2O[C@]34C=CCN(C(C)C)C(=O)C3N([C@@H](CO)C(C)C)C(=O)[C@@H]4[C@@H]2C1=O. The van der Waals surface area contributed by atoms with Crippen LogP contribution in [0.4, 0.5) is 0 Å². The van der Waals surface area contributed by atoms with E-state index in [1.54, 1.807) is 14.7 Å². The Kier molecular flexibility index (Phi) is 6.44. The molecule has 0 aliphatic carbocycles. The molecule has 8 nitrogen and oxygen atoms in total. The van der Waals surface area contributed by atoms with Crippen molar-refractivity contribution >= 4 is 17.7 Å². The van der Waals surface area contributed by atoms with Crippen molar-refractivity contribution in [2.45, 2.75) is 70.9 Å². The first kappa shape index (κ1) is 24.0. The monoisotopic (exact) mass is 459 g/mol. The molecule has 0 saturated carbocycles. The van der Waals surface area contributed by atoms with Crippen molar-refractivity contribution in [3.63, 3.8) is 0 Å². The molecular weight excluding hydrogens is 422 g/mol. The van der Waals surface area contributed by atoms with Crippen LogP contribution in [0.1, 0.15) is 41.0 Å². The Morgan fingerprint density at radius 3 is 2.42 bits per heavy atom. The third-order valence-corrected chi connectivity index (χ3v) is 7.64. The van der Waals surface area contributed by atoms with Gasteiger partial charge < -0.3 is 24.5 Å². The lowest BCUT2D eigenvalue weighted by molar-refractivity contribution is -0.153. The van der Waals surface area contributed by atoms with E-state index in [-0.39, 0.29) is 36.3 Å². The van der Waals surface area contributed by atoms with Gasteiger partial charge in [-0.2, -0.15) is 0 Å². The fourth-order valence-corrected chi connectivity index (χ4v) is 6.06. The average Bonchev–Trinajstić information content (AvgIpc) is 3.07. The van der Waals surface area contributed by atoms with Crippen LogP contribution in [0.5, 0.6) is 0 Å². The quantitative estimate of drug-likeness (QED) is 0.603. The molecule has 1 unspecified atom stereocenters. The number of hydrogen-bond donors (Lipinski definition) is 1. The number of hydrogen-bond acceptors (Lipinski definition) is 5. The van der Waals surface area contributed by atoms with Crippen molar-refractivity contribution in [2.75, 3.05) is 26.2 Å². The predicted molar refractivity (Wildman–Crippen MR) is 123 cm³/mol. The van der Waals surface area contributed by atoms with Crippen LogP contribution in [0.2, 0.25) is 0 Å². The highest BCUT2D eigenvalue weighted by Gasteiger charge is 2.72. The van der Waals surface area contributed by atoms with E-state index in [9.17, 15) is 19.5 Å². The molecule has 3 amide bonds. The van der Waals surface area contributed by atoms with Crippen LogP contribution in [0.25, 0.3) is 0 Å². The van der Waals surface area contributed by atoms with Gasteiger partial charge in [-0.3, -0.25) is 14.4 Å². The fraction of sp³-hybridized carbons (Fsp3) is 0.720. The maximum atomic E-state index is 14.1. The number of rotatable bonds is 6. The van der Waals surface area contributed by atoms with Gasteiger partial charge in [0.05, 0.1) is 30.6 Å². The van der Waals surface area contributed by atoms with Gasteiger partial charge in [-0.15, -0.1) is 0 Å². The first-order valence-corrected chi connectivity index (χ1v) is 12.2. The van der Waals surface area contributed by atoms with Crippen LogP contribution < -0.4 is 0 Å². The lowest BCUT2D eigenvalue weighted by Crippen LogP contribution is -2.59. The number of nitrogens with zero attached hydrogens (tertiary/aromatic N) is 3. The van der Waals surface area contributed by atoms with E-state index in [0.29, 0.717) is 19.6 Å². The summed E-state index contributed by atoms with van der Waals surface area (Å²) >= 11 is 0. The summed E-state index contributed by atoms with van der Waals surface area (Å²) in [5.41, 5.74) is -1.23. The number of amides is 3. The Morgan fingerprint density at radius 1 is 1.09 bits per heavy atom. The molecule has 33 heavy (non-hydrogen) atoms. The highest BCUT2D eigenvalue weighted by atomic mass is 16.5. The minimum atomic E-state index is -1.23. The smallest absolute Gasteiger partial charge is 0.249 e. The first-order valence-electron chi connectivity index (χ1n) is 12.2. The van der Waals surface area contributed by atoms with Gasteiger partial charge >= 0.3 is 0 Å². The summed E-state index contributed by atoms with van der Waals surface area (Å²) in [4.78, 5) is 46.8. The lowest BCUT2D eigenvalue weighted by Gasteiger charge is -2.40. The Balaban J connectivity index is 1.87. The maximum Gasteiger partial charge on any atom is 0.249 e. The number of carbonyl (C=O) groups is 3. The third kappa shape index (κ3) is 3.53. The summed E-state index contributed by atoms with van der Waals surface area (Å²) in [5, 5.41) is 10.2. The van der Waals surface area contributed by atoms with Crippen LogP contribution in [0.3, 0.4) is 0 Å². The Hall–Kier alpha value is -2.19. The number of aliphatic hydroxyl groups is 1. The molecule has 4 rings (SSSR count). The first-order chi connectivity index (χ1) is 15.7.